The first kappa shape index (κ1) is 17.1. The van der Waals surface area contributed by atoms with E-state index in [1.54, 1.807) is 29.6 Å². The van der Waals surface area contributed by atoms with Gasteiger partial charge in [0.05, 0.1) is 18.4 Å². The molecule has 0 saturated heterocycles. The van der Waals surface area contributed by atoms with Gasteiger partial charge in [0.25, 0.3) is 0 Å². The molecule has 0 radical (unpaired) electrons. The Labute approximate surface area is 146 Å². The number of nitrogens with zero attached hydrogens (tertiary/aromatic N) is 1. The van der Waals surface area contributed by atoms with Crippen LogP contribution in [-0.2, 0) is 21.2 Å². The molecule has 1 aromatic carbocycles. The molecule has 10 heteroatoms. The largest absolute Gasteiger partial charge is 0.423 e. The molecule has 0 aliphatic rings. The fourth-order valence-electron chi connectivity index (χ4n) is 2.11. The summed E-state index contributed by atoms with van der Waals surface area (Å²) in [6.07, 6.45) is 1.03. The lowest BCUT2D eigenvalue weighted by atomic mass is 10.2. The molecule has 0 atom stereocenters. The Morgan fingerprint density at radius 1 is 1.28 bits per heavy atom. The van der Waals surface area contributed by atoms with Crippen molar-refractivity contribution in [1.82, 2.24) is 4.98 Å². The monoisotopic (exact) mass is 379 g/mol. The second kappa shape index (κ2) is 6.65. The highest BCUT2D eigenvalue weighted by atomic mass is 32.2. The number of hydrogen-bond donors (Lipinski definition) is 2. The average Bonchev–Trinajstić information content (AvgIpc) is 2.92. The molecule has 0 bridgehead atoms. The molecule has 2 N–H and O–H groups in total. The van der Waals surface area contributed by atoms with Crippen LogP contribution in [0, 0.1) is 0 Å². The third-order valence-electron chi connectivity index (χ3n) is 3.07. The molecular formula is C15H13N3O5S2. The van der Waals surface area contributed by atoms with Gasteiger partial charge in [-0.05, 0) is 24.3 Å². The van der Waals surface area contributed by atoms with Gasteiger partial charge in [0.1, 0.15) is 5.58 Å². The van der Waals surface area contributed by atoms with Crippen molar-refractivity contribution in [3.8, 4) is 0 Å². The molecule has 0 aliphatic heterocycles. The van der Waals surface area contributed by atoms with E-state index in [2.05, 4.69) is 15.0 Å². The van der Waals surface area contributed by atoms with Gasteiger partial charge >= 0.3 is 5.63 Å². The summed E-state index contributed by atoms with van der Waals surface area (Å²) in [6, 6.07) is 7.83. The van der Waals surface area contributed by atoms with Gasteiger partial charge in [-0.2, -0.15) is 0 Å². The summed E-state index contributed by atoms with van der Waals surface area (Å²) < 4.78 is 29.6. The number of benzene rings is 1. The lowest BCUT2D eigenvalue weighted by Gasteiger charge is -2.05. The molecule has 130 valence electrons. The van der Waals surface area contributed by atoms with Gasteiger partial charge in [-0.3, -0.25) is 9.52 Å². The number of fused-ring (bicyclic) bond motifs is 1. The van der Waals surface area contributed by atoms with Crippen LogP contribution in [0.2, 0.25) is 0 Å². The number of thiazole rings is 1. The number of sulfonamides is 1. The van der Waals surface area contributed by atoms with Gasteiger partial charge in [0.2, 0.25) is 15.9 Å². The van der Waals surface area contributed by atoms with Crippen LogP contribution in [0.4, 0.5) is 10.8 Å². The third-order valence-corrected chi connectivity index (χ3v) is 4.57. The van der Waals surface area contributed by atoms with Crippen molar-refractivity contribution in [2.45, 2.75) is 6.42 Å². The Kier molecular flexibility index (Phi) is 4.55. The smallest absolute Gasteiger partial charge is 0.336 e. The molecule has 8 nitrogen and oxygen atoms in total. The summed E-state index contributed by atoms with van der Waals surface area (Å²) >= 11 is 1.10. The van der Waals surface area contributed by atoms with Gasteiger partial charge in [-0.15, -0.1) is 11.3 Å². The van der Waals surface area contributed by atoms with E-state index in [-0.39, 0.29) is 17.5 Å². The molecule has 0 saturated carbocycles. The first-order valence-corrected chi connectivity index (χ1v) is 9.81. The zero-order chi connectivity index (χ0) is 18.0. The van der Waals surface area contributed by atoms with Crippen molar-refractivity contribution in [3.05, 3.63) is 51.8 Å². The van der Waals surface area contributed by atoms with E-state index < -0.39 is 15.6 Å². The fraction of sp³-hybridized carbons (Fsp3) is 0.133. The van der Waals surface area contributed by atoms with E-state index in [1.807, 2.05) is 0 Å². The van der Waals surface area contributed by atoms with Gasteiger partial charge in [0, 0.05) is 22.5 Å². The van der Waals surface area contributed by atoms with Crippen LogP contribution in [0.5, 0.6) is 0 Å². The summed E-state index contributed by atoms with van der Waals surface area (Å²) in [6.45, 7) is 0. The summed E-state index contributed by atoms with van der Waals surface area (Å²) in [7, 11) is -3.40. The lowest BCUT2D eigenvalue weighted by molar-refractivity contribution is -0.115. The van der Waals surface area contributed by atoms with Gasteiger partial charge in [0.15, 0.2) is 5.13 Å². The summed E-state index contributed by atoms with van der Waals surface area (Å²) in [5, 5.41) is 5.23. The van der Waals surface area contributed by atoms with Crippen molar-refractivity contribution in [2.24, 2.45) is 0 Å². The number of anilines is 2. The van der Waals surface area contributed by atoms with E-state index in [9.17, 15) is 18.0 Å². The predicted octanol–water partition coefficient (Wildman–Crippen LogP) is 1.80. The van der Waals surface area contributed by atoms with E-state index >= 15 is 0 Å². The van der Waals surface area contributed by atoms with Gasteiger partial charge < -0.3 is 9.73 Å². The molecule has 1 amide bonds. The molecule has 0 fully saturated rings. The maximum Gasteiger partial charge on any atom is 0.336 e. The van der Waals surface area contributed by atoms with Crippen molar-refractivity contribution >= 4 is 49.1 Å². The standard InChI is InChI=1S/C15H13N3O5S2/c1-25(21,22)18-15-17-11(8-24-15)7-13(19)16-10-3-4-12-9(6-10)2-5-14(20)23-12/h2-6,8H,7H2,1H3,(H,16,19)(H,17,18). The van der Waals surface area contributed by atoms with Crippen LogP contribution >= 0.6 is 11.3 Å². The summed E-state index contributed by atoms with van der Waals surface area (Å²) in [4.78, 5) is 27.3. The van der Waals surface area contributed by atoms with Gasteiger partial charge in [-0.25, -0.2) is 18.2 Å². The number of aromatic nitrogens is 1. The maximum atomic E-state index is 12.1. The first-order valence-electron chi connectivity index (χ1n) is 7.04. The Morgan fingerprint density at radius 3 is 2.84 bits per heavy atom. The zero-order valence-electron chi connectivity index (χ0n) is 13.0. The minimum absolute atomic E-state index is 0.00382. The number of nitrogens with one attached hydrogen (secondary N) is 2. The molecule has 2 heterocycles. The van der Waals surface area contributed by atoms with Crippen LogP contribution in [0.15, 0.2) is 44.9 Å². The Hall–Kier alpha value is -2.72. The van der Waals surface area contributed by atoms with Crippen LogP contribution in [0.1, 0.15) is 5.69 Å². The van der Waals surface area contributed by atoms with E-state index in [0.717, 1.165) is 17.6 Å². The van der Waals surface area contributed by atoms with Gasteiger partial charge in [-0.1, -0.05) is 0 Å². The number of rotatable bonds is 5. The number of carbonyl (C=O) groups is 1. The Balaban J connectivity index is 1.68. The first-order chi connectivity index (χ1) is 11.8. The Morgan fingerprint density at radius 2 is 2.08 bits per heavy atom. The minimum Gasteiger partial charge on any atom is -0.423 e. The SMILES string of the molecule is CS(=O)(=O)Nc1nc(CC(=O)Nc2ccc3oc(=O)ccc3c2)cs1. The van der Waals surface area contributed by atoms with Crippen LogP contribution in [0.3, 0.4) is 0 Å². The maximum absolute atomic E-state index is 12.1. The highest BCUT2D eigenvalue weighted by molar-refractivity contribution is 7.92. The molecule has 0 unspecified atom stereocenters. The molecular weight excluding hydrogens is 366 g/mol. The molecule has 2 aromatic heterocycles. The van der Waals surface area contributed by atoms with E-state index in [0.29, 0.717) is 22.4 Å². The van der Waals surface area contributed by atoms with Crippen LogP contribution in [-0.4, -0.2) is 25.6 Å². The number of carbonyl (C=O) groups excluding carboxylic acids is 1. The van der Waals surface area contributed by atoms with E-state index in [4.69, 9.17) is 4.42 Å². The van der Waals surface area contributed by atoms with Crippen molar-refractivity contribution in [3.63, 3.8) is 0 Å². The average molecular weight is 379 g/mol. The van der Waals surface area contributed by atoms with Crippen molar-refractivity contribution < 1.29 is 17.6 Å². The number of amides is 1. The van der Waals surface area contributed by atoms with Crippen LogP contribution in [0.25, 0.3) is 11.0 Å². The highest BCUT2D eigenvalue weighted by Gasteiger charge is 2.11. The predicted molar refractivity (Wildman–Crippen MR) is 95.4 cm³/mol. The lowest BCUT2D eigenvalue weighted by Crippen LogP contribution is -2.15. The van der Waals surface area contributed by atoms with Crippen LogP contribution < -0.4 is 15.7 Å². The van der Waals surface area contributed by atoms with Crippen molar-refractivity contribution in [1.29, 1.82) is 0 Å². The molecule has 25 heavy (non-hydrogen) atoms. The molecule has 3 aromatic rings. The molecule has 3 rings (SSSR count). The topological polar surface area (TPSA) is 118 Å². The van der Waals surface area contributed by atoms with E-state index in [1.165, 1.54) is 6.07 Å². The summed E-state index contributed by atoms with van der Waals surface area (Å²) in [5.74, 6) is -0.298. The normalized spacial score (nSPS) is 11.4. The second-order valence-corrected chi connectivity index (χ2v) is 7.86. The third kappa shape index (κ3) is 4.64. The highest BCUT2D eigenvalue weighted by Crippen LogP contribution is 2.19. The fourth-order valence-corrected chi connectivity index (χ4v) is 3.68. The second-order valence-electron chi connectivity index (χ2n) is 5.25. The molecule has 0 aliphatic carbocycles. The zero-order valence-corrected chi connectivity index (χ0v) is 14.6. The quantitative estimate of drug-likeness (QED) is 0.653. The summed E-state index contributed by atoms with van der Waals surface area (Å²) in [5.41, 5.74) is 1.00. The molecule has 0 spiro atoms. The Bertz CT molecular complexity index is 1100. The number of hydrogen-bond acceptors (Lipinski definition) is 7. The van der Waals surface area contributed by atoms with Crippen molar-refractivity contribution in [2.75, 3.05) is 16.3 Å². The minimum atomic E-state index is -3.40.